The van der Waals surface area contributed by atoms with E-state index >= 15 is 0 Å². The lowest BCUT2D eigenvalue weighted by atomic mass is 10.1. The van der Waals surface area contributed by atoms with Crippen molar-refractivity contribution in [3.63, 3.8) is 0 Å². The third-order valence-electron chi connectivity index (χ3n) is 4.28. The van der Waals surface area contributed by atoms with Crippen LogP contribution in [0.15, 0.2) is 67.3 Å². The number of hydrogen-bond donors (Lipinski definition) is 1. The fourth-order valence-corrected chi connectivity index (χ4v) is 4.27. The summed E-state index contributed by atoms with van der Waals surface area (Å²) in [4.78, 5) is 17.3. The van der Waals surface area contributed by atoms with E-state index < -0.39 is 0 Å². The van der Waals surface area contributed by atoms with Crippen molar-refractivity contribution >= 4 is 38.9 Å². The van der Waals surface area contributed by atoms with Crippen LogP contribution in [0.2, 0.25) is 5.02 Å². The number of thiophene rings is 1. The van der Waals surface area contributed by atoms with Crippen LogP contribution in [-0.2, 0) is 0 Å². The van der Waals surface area contributed by atoms with Crippen LogP contribution < -0.4 is 5.32 Å². The van der Waals surface area contributed by atoms with Crippen LogP contribution in [0.4, 0.5) is 0 Å². The van der Waals surface area contributed by atoms with Crippen LogP contribution in [0.25, 0.3) is 15.8 Å². The van der Waals surface area contributed by atoms with E-state index in [1.54, 1.807) is 12.5 Å². The molecule has 130 valence electrons. The molecule has 0 bridgehead atoms. The quantitative estimate of drug-likeness (QED) is 0.526. The number of hydrogen-bond acceptors (Lipinski definition) is 3. The average molecular weight is 382 g/mol. The smallest absolute Gasteiger partial charge is 0.263 e. The Hall–Kier alpha value is -2.63. The Bertz CT molecular complexity index is 1050. The van der Waals surface area contributed by atoms with Gasteiger partial charge in [-0.1, -0.05) is 41.9 Å². The highest BCUT2D eigenvalue weighted by atomic mass is 35.5. The predicted molar refractivity (Wildman–Crippen MR) is 106 cm³/mol. The molecule has 0 saturated heterocycles. The fraction of sp³-hybridized carbons (Fsp3) is 0.100. The van der Waals surface area contributed by atoms with Crippen LogP contribution in [0, 0.1) is 0 Å². The number of nitrogens with zero attached hydrogens (tertiary/aromatic N) is 2. The number of imidazole rings is 1. The third kappa shape index (κ3) is 3.11. The molecule has 6 heteroatoms. The lowest BCUT2D eigenvalue weighted by molar-refractivity contribution is 0.0944. The molecule has 1 amide bonds. The molecule has 4 rings (SSSR count). The monoisotopic (exact) mass is 381 g/mol. The lowest BCUT2D eigenvalue weighted by Crippen LogP contribution is -2.26. The molecule has 0 spiro atoms. The minimum Gasteiger partial charge on any atom is -0.345 e. The molecule has 0 saturated carbocycles. The second kappa shape index (κ2) is 6.94. The highest BCUT2D eigenvalue weighted by Crippen LogP contribution is 2.35. The molecule has 0 aliphatic rings. The van der Waals surface area contributed by atoms with Gasteiger partial charge in [-0.2, -0.15) is 0 Å². The van der Waals surface area contributed by atoms with Crippen molar-refractivity contribution in [2.24, 2.45) is 0 Å². The van der Waals surface area contributed by atoms with Gasteiger partial charge in [-0.25, -0.2) is 4.98 Å². The first kappa shape index (κ1) is 16.8. The van der Waals surface area contributed by atoms with E-state index in [0.29, 0.717) is 9.90 Å². The zero-order valence-corrected chi connectivity index (χ0v) is 15.6. The van der Waals surface area contributed by atoms with Gasteiger partial charge in [0.1, 0.15) is 4.88 Å². The number of amides is 1. The number of aromatic nitrogens is 2. The standard InChI is InChI=1S/C20H16ClN3OS/c1-13(14-6-8-15(9-7-14)24-11-10-22-12-24)23-20(25)19-18(21)16-4-2-3-5-17(16)26-19/h2-13H,1H3,(H,23,25)/t13-/m0/s1. The molecule has 0 radical (unpaired) electrons. The Morgan fingerprint density at radius 3 is 2.65 bits per heavy atom. The maximum atomic E-state index is 12.7. The molecule has 26 heavy (non-hydrogen) atoms. The van der Waals surface area contributed by atoms with Crippen molar-refractivity contribution in [3.05, 3.63) is 82.7 Å². The first-order valence-electron chi connectivity index (χ1n) is 8.19. The number of halogens is 1. The van der Waals surface area contributed by atoms with E-state index in [1.165, 1.54) is 11.3 Å². The van der Waals surface area contributed by atoms with Gasteiger partial charge in [0, 0.05) is 28.2 Å². The van der Waals surface area contributed by atoms with Crippen molar-refractivity contribution in [2.75, 3.05) is 0 Å². The second-order valence-corrected chi connectivity index (χ2v) is 7.43. The van der Waals surface area contributed by atoms with Crippen molar-refractivity contribution in [1.82, 2.24) is 14.9 Å². The van der Waals surface area contributed by atoms with E-state index in [4.69, 9.17) is 11.6 Å². The Labute approximate surface area is 160 Å². The predicted octanol–water partition coefficient (Wildman–Crippen LogP) is 5.23. The molecule has 2 aromatic heterocycles. The largest absolute Gasteiger partial charge is 0.345 e. The van der Waals surface area contributed by atoms with Crippen molar-refractivity contribution in [2.45, 2.75) is 13.0 Å². The maximum absolute atomic E-state index is 12.7. The van der Waals surface area contributed by atoms with Crippen LogP contribution in [0.5, 0.6) is 0 Å². The number of carbonyl (C=O) groups is 1. The Kier molecular flexibility index (Phi) is 4.49. The minimum absolute atomic E-state index is 0.124. The molecule has 1 N–H and O–H groups in total. The summed E-state index contributed by atoms with van der Waals surface area (Å²) < 4.78 is 2.95. The normalized spacial score (nSPS) is 12.2. The van der Waals surface area contributed by atoms with Gasteiger partial charge in [0.25, 0.3) is 5.91 Å². The second-order valence-electron chi connectivity index (χ2n) is 6.00. The summed E-state index contributed by atoms with van der Waals surface area (Å²) in [7, 11) is 0. The van der Waals surface area contributed by atoms with Crippen LogP contribution >= 0.6 is 22.9 Å². The number of fused-ring (bicyclic) bond motifs is 1. The molecule has 0 aliphatic carbocycles. The molecule has 4 aromatic rings. The van der Waals surface area contributed by atoms with Gasteiger partial charge >= 0.3 is 0 Å². The number of carbonyl (C=O) groups excluding carboxylic acids is 1. The van der Waals surface area contributed by atoms with Crippen molar-refractivity contribution < 1.29 is 4.79 Å². The fourth-order valence-electron chi connectivity index (χ4n) is 2.85. The number of benzene rings is 2. The first-order valence-corrected chi connectivity index (χ1v) is 9.39. The summed E-state index contributed by atoms with van der Waals surface area (Å²) in [6.45, 7) is 1.96. The molecule has 1 atom stereocenters. The molecule has 0 fully saturated rings. The van der Waals surface area contributed by atoms with Crippen molar-refractivity contribution in [3.8, 4) is 5.69 Å². The van der Waals surface area contributed by atoms with Crippen LogP contribution in [0.3, 0.4) is 0 Å². The topological polar surface area (TPSA) is 46.9 Å². The summed E-state index contributed by atoms with van der Waals surface area (Å²) in [5.41, 5.74) is 2.05. The summed E-state index contributed by atoms with van der Waals surface area (Å²) in [6.07, 6.45) is 5.39. The first-order chi connectivity index (χ1) is 12.6. The zero-order chi connectivity index (χ0) is 18.1. The van der Waals surface area contributed by atoms with E-state index in [9.17, 15) is 4.79 Å². The molecular formula is C20H16ClN3OS. The van der Waals surface area contributed by atoms with Gasteiger partial charge in [-0.05, 0) is 30.7 Å². The molecule has 0 unspecified atom stereocenters. The third-order valence-corrected chi connectivity index (χ3v) is 5.96. The molecule has 2 aromatic carbocycles. The van der Waals surface area contributed by atoms with E-state index in [2.05, 4.69) is 10.3 Å². The lowest BCUT2D eigenvalue weighted by Gasteiger charge is -2.14. The van der Waals surface area contributed by atoms with Crippen LogP contribution in [0.1, 0.15) is 28.2 Å². The van der Waals surface area contributed by atoms with Gasteiger partial charge in [0.2, 0.25) is 0 Å². The van der Waals surface area contributed by atoms with Gasteiger partial charge in [-0.3, -0.25) is 4.79 Å². The number of nitrogens with one attached hydrogen (secondary N) is 1. The summed E-state index contributed by atoms with van der Waals surface area (Å²) in [6, 6.07) is 15.7. The number of rotatable bonds is 4. The van der Waals surface area contributed by atoms with Gasteiger partial charge in [0.15, 0.2) is 0 Å². The maximum Gasteiger partial charge on any atom is 0.263 e. The summed E-state index contributed by atoms with van der Waals surface area (Å²) >= 11 is 7.82. The molecule has 4 nitrogen and oxygen atoms in total. The minimum atomic E-state index is -0.151. The Balaban J connectivity index is 1.52. The average Bonchev–Trinajstić information content (AvgIpc) is 3.31. The van der Waals surface area contributed by atoms with E-state index in [1.807, 2.05) is 66.2 Å². The van der Waals surface area contributed by atoms with Gasteiger partial charge < -0.3 is 9.88 Å². The molecular weight excluding hydrogens is 366 g/mol. The van der Waals surface area contributed by atoms with Crippen molar-refractivity contribution in [1.29, 1.82) is 0 Å². The van der Waals surface area contributed by atoms with Crippen LogP contribution in [-0.4, -0.2) is 15.5 Å². The SMILES string of the molecule is C[C@H](NC(=O)c1sc2ccccc2c1Cl)c1ccc(-n2ccnc2)cc1. The van der Waals surface area contributed by atoms with Gasteiger partial charge in [-0.15, -0.1) is 11.3 Å². The summed E-state index contributed by atoms with van der Waals surface area (Å²) in [5, 5.41) is 4.47. The van der Waals surface area contributed by atoms with Gasteiger partial charge in [0.05, 0.1) is 17.4 Å². The Morgan fingerprint density at radius 1 is 1.19 bits per heavy atom. The highest BCUT2D eigenvalue weighted by Gasteiger charge is 2.19. The highest BCUT2D eigenvalue weighted by molar-refractivity contribution is 7.21. The zero-order valence-electron chi connectivity index (χ0n) is 14.0. The molecule has 2 heterocycles. The molecule has 0 aliphatic heterocycles. The summed E-state index contributed by atoms with van der Waals surface area (Å²) in [5.74, 6) is -0.151. The van der Waals surface area contributed by atoms with E-state index in [-0.39, 0.29) is 11.9 Å². The Morgan fingerprint density at radius 2 is 1.96 bits per heavy atom. The van der Waals surface area contributed by atoms with E-state index in [0.717, 1.165) is 21.3 Å².